The second kappa shape index (κ2) is 7.81. The molecule has 1 aliphatic heterocycles. The molecule has 0 aliphatic carbocycles. The van der Waals surface area contributed by atoms with Crippen molar-refractivity contribution >= 4 is 0 Å². The van der Waals surface area contributed by atoms with Gasteiger partial charge in [0.15, 0.2) is 5.82 Å². The van der Waals surface area contributed by atoms with E-state index in [9.17, 15) is 0 Å². The predicted octanol–water partition coefficient (Wildman–Crippen LogP) is 3.36. The fourth-order valence-electron chi connectivity index (χ4n) is 3.39. The van der Waals surface area contributed by atoms with Crippen molar-refractivity contribution in [2.45, 2.75) is 20.0 Å². The first kappa shape index (κ1) is 16.9. The Hall–Kier alpha value is -2.50. The summed E-state index contributed by atoms with van der Waals surface area (Å²) in [6.45, 7) is 7.80. The van der Waals surface area contributed by atoms with Crippen LogP contribution in [-0.4, -0.2) is 46.1 Å². The number of hydrogen-bond acceptors (Lipinski definition) is 5. The average Bonchev–Trinajstić information content (AvgIpc) is 3.09. The van der Waals surface area contributed by atoms with Crippen molar-refractivity contribution in [3.05, 3.63) is 71.9 Å². The largest absolute Gasteiger partial charge is 0.338 e. The molecule has 5 heteroatoms. The molecule has 0 radical (unpaired) electrons. The van der Waals surface area contributed by atoms with Gasteiger partial charge in [-0.1, -0.05) is 59.8 Å². The van der Waals surface area contributed by atoms with Crippen LogP contribution in [0.4, 0.5) is 0 Å². The SMILES string of the molecule is Cc1noc(CN2CCN(Cc3ccc(-c4ccccc4)cc3)CC2)n1. The molecule has 5 nitrogen and oxygen atoms in total. The van der Waals surface area contributed by atoms with Gasteiger partial charge in [0, 0.05) is 32.7 Å². The fourth-order valence-corrected chi connectivity index (χ4v) is 3.39. The molecule has 0 unspecified atom stereocenters. The zero-order chi connectivity index (χ0) is 17.8. The molecule has 0 atom stereocenters. The molecule has 4 rings (SSSR count). The quantitative estimate of drug-likeness (QED) is 0.707. The molecular formula is C21H24N4O. The van der Waals surface area contributed by atoms with Gasteiger partial charge in [0.05, 0.1) is 6.54 Å². The normalized spacial score (nSPS) is 16.0. The maximum atomic E-state index is 5.22. The zero-order valence-corrected chi connectivity index (χ0v) is 15.1. The lowest BCUT2D eigenvalue weighted by Gasteiger charge is -2.33. The molecule has 3 aromatic rings. The third-order valence-electron chi connectivity index (χ3n) is 4.86. The van der Waals surface area contributed by atoms with E-state index < -0.39 is 0 Å². The summed E-state index contributed by atoms with van der Waals surface area (Å²) >= 11 is 0. The summed E-state index contributed by atoms with van der Waals surface area (Å²) in [6, 6.07) is 19.5. The molecule has 0 saturated carbocycles. The zero-order valence-electron chi connectivity index (χ0n) is 15.1. The van der Waals surface area contributed by atoms with Crippen LogP contribution in [0.25, 0.3) is 11.1 Å². The van der Waals surface area contributed by atoms with Crippen molar-refractivity contribution < 1.29 is 4.52 Å². The second-order valence-corrected chi connectivity index (χ2v) is 6.85. The standard InChI is InChI=1S/C21H24N4O/c1-17-22-21(26-23-17)16-25-13-11-24(12-14-25)15-18-7-9-20(10-8-18)19-5-3-2-4-6-19/h2-10H,11-16H2,1H3. The van der Waals surface area contributed by atoms with Gasteiger partial charge in [0.2, 0.25) is 5.89 Å². The first-order chi connectivity index (χ1) is 12.8. The number of hydrogen-bond donors (Lipinski definition) is 0. The van der Waals surface area contributed by atoms with E-state index in [1.807, 2.05) is 6.92 Å². The molecule has 1 aliphatic rings. The first-order valence-corrected chi connectivity index (χ1v) is 9.14. The topological polar surface area (TPSA) is 45.4 Å². The highest BCUT2D eigenvalue weighted by molar-refractivity contribution is 5.63. The monoisotopic (exact) mass is 348 g/mol. The van der Waals surface area contributed by atoms with E-state index in [-0.39, 0.29) is 0 Å². The molecule has 0 bridgehead atoms. The van der Waals surface area contributed by atoms with Crippen LogP contribution in [0.2, 0.25) is 0 Å². The molecule has 26 heavy (non-hydrogen) atoms. The van der Waals surface area contributed by atoms with Crippen molar-refractivity contribution in [3.8, 4) is 11.1 Å². The maximum absolute atomic E-state index is 5.22. The van der Waals surface area contributed by atoms with Gasteiger partial charge in [-0.05, 0) is 23.6 Å². The molecule has 0 N–H and O–H groups in total. The summed E-state index contributed by atoms with van der Waals surface area (Å²) in [4.78, 5) is 9.18. The summed E-state index contributed by atoms with van der Waals surface area (Å²) in [6.07, 6.45) is 0. The van der Waals surface area contributed by atoms with E-state index in [1.165, 1.54) is 16.7 Å². The van der Waals surface area contributed by atoms with Crippen molar-refractivity contribution in [3.63, 3.8) is 0 Å². The van der Waals surface area contributed by atoms with Crippen molar-refractivity contribution in [2.75, 3.05) is 26.2 Å². The summed E-state index contributed by atoms with van der Waals surface area (Å²) in [5.74, 6) is 1.42. The van der Waals surface area contributed by atoms with Crippen LogP contribution in [0, 0.1) is 6.92 Å². The molecule has 1 aromatic heterocycles. The number of aryl methyl sites for hydroxylation is 1. The lowest BCUT2D eigenvalue weighted by Crippen LogP contribution is -2.45. The Morgan fingerprint density at radius 2 is 1.42 bits per heavy atom. The number of piperazine rings is 1. The Labute approximate surface area is 154 Å². The third-order valence-corrected chi connectivity index (χ3v) is 4.86. The molecule has 2 aromatic carbocycles. The highest BCUT2D eigenvalue weighted by atomic mass is 16.5. The Balaban J connectivity index is 1.29. The molecule has 134 valence electrons. The van der Waals surface area contributed by atoms with E-state index in [2.05, 4.69) is 74.5 Å². The highest BCUT2D eigenvalue weighted by Gasteiger charge is 2.19. The average molecular weight is 348 g/mol. The molecule has 2 heterocycles. The van der Waals surface area contributed by atoms with Crippen LogP contribution in [0.5, 0.6) is 0 Å². The molecule has 0 amide bonds. The Morgan fingerprint density at radius 1 is 0.808 bits per heavy atom. The summed E-state index contributed by atoms with van der Waals surface area (Å²) < 4.78 is 5.22. The van der Waals surface area contributed by atoms with Gasteiger partial charge in [0.25, 0.3) is 0 Å². The van der Waals surface area contributed by atoms with E-state index in [0.29, 0.717) is 11.7 Å². The molecule has 1 saturated heterocycles. The number of benzene rings is 2. The maximum Gasteiger partial charge on any atom is 0.240 e. The first-order valence-electron chi connectivity index (χ1n) is 9.14. The minimum Gasteiger partial charge on any atom is -0.338 e. The van der Waals surface area contributed by atoms with Gasteiger partial charge in [-0.15, -0.1) is 0 Å². The number of rotatable bonds is 5. The predicted molar refractivity (Wildman–Crippen MR) is 101 cm³/mol. The summed E-state index contributed by atoms with van der Waals surface area (Å²) in [5.41, 5.74) is 3.91. The van der Waals surface area contributed by atoms with Gasteiger partial charge in [-0.2, -0.15) is 4.98 Å². The Bertz CT molecular complexity index is 821. The summed E-state index contributed by atoms with van der Waals surface area (Å²) in [7, 11) is 0. The fraction of sp³-hybridized carbons (Fsp3) is 0.333. The highest BCUT2D eigenvalue weighted by Crippen LogP contribution is 2.20. The molecular weight excluding hydrogens is 324 g/mol. The van der Waals surface area contributed by atoms with Gasteiger partial charge < -0.3 is 4.52 Å². The lowest BCUT2D eigenvalue weighted by molar-refractivity contribution is 0.112. The van der Waals surface area contributed by atoms with Gasteiger partial charge in [0.1, 0.15) is 0 Å². The number of nitrogens with zero attached hydrogens (tertiary/aromatic N) is 4. The smallest absolute Gasteiger partial charge is 0.240 e. The van der Waals surface area contributed by atoms with Crippen LogP contribution < -0.4 is 0 Å². The van der Waals surface area contributed by atoms with E-state index in [4.69, 9.17) is 4.52 Å². The van der Waals surface area contributed by atoms with Gasteiger partial charge >= 0.3 is 0 Å². The van der Waals surface area contributed by atoms with Crippen LogP contribution in [0.3, 0.4) is 0 Å². The van der Waals surface area contributed by atoms with Crippen molar-refractivity contribution in [1.29, 1.82) is 0 Å². The molecule has 1 fully saturated rings. The van der Waals surface area contributed by atoms with Crippen molar-refractivity contribution in [1.82, 2.24) is 19.9 Å². The van der Waals surface area contributed by atoms with E-state index in [1.54, 1.807) is 0 Å². The van der Waals surface area contributed by atoms with Crippen LogP contribution in [-0.2, 0) is 13.1 Å². The van der Waals surface area contributed by atoms with E-state index >= 15 is 0 Å². The minimum absolute atomic E-state index is 0.706. The van der Waals surface area contributed by atoms with E-state index in [0.717, 1.165) is 39.3 Å². The molecule has 0 spiro atoms. The second-order valence-electron chi connectivity index (χ2n) is 6.85. The number of aromatic nitrogens is 2. The Kier molecular flexibility index (Phi) is 5.09. The third kappa shape index (κ3) is 4.18. The Morgan fingerprint density at radius 3 is 2.04 bits per heavy atom. The van der Waals surface area contributed by atoms with Crippen LogP contribution >= 0.6 is 0 Å². The minimum atomic E-state index is 0.706. The van der Waals surface area contributed by atoms with Crippen molar-refractivity contribution in [2.24, 2.45) is 0 Å². The lowest BCUT2D eigenvalue weighted by atomic mass is 10.0. The van der Waals surface area contributed by atoms with Crippen LogP contribution in [0.15, 0.2) is 59.1 Å². The van der Waals surface area contributed by atoms with Gasteiger partial charge in [-0.25, -0.2) is 0 Å². The van der Waals surface area contributed by atoms with Gasteiger partial charge in [-0.3, -0.25) is 9.80 Å². The van der Waals surface area contributed by atoms with Crippen LogP contribution in [0.1, 0.15) is 17.3 Å². The summed E-state index contributed by atoms with van der Waals surface area (Å²) in [5, 5.41) is 3.86.